The summed E-state index contributed by atoms with van der Waals surface area (Å²) in [7, 11) is 0. The third-order valence-corrected chi connectivity index (χ3v) is 3.39. The lowest BCUT2D eigenvalue weighted by Gasteiger charge is -2.08. The normalized spacial score (nSPS) is 10.9. The fourth-order valence-electron chi connectivity index (χ4n) is 1.49. The van der Waals surface area contributed by atoms with E-state index in [-0.39, 0.29) is 0 Å². The summed E-state index contributed by atoms with van der Waals surface area (Å²) >= 11 is 1.62. The van der Waals surface area contributed by atoms with Crippen LogP contribution in [0.5, 0.6) is 5.75 Å². The van der Waals surface area contributed by atoms with Crippen molar-refractivity contribution >= 4 is 11.3 Å². The highest BCUT2D eigenvalue weighted by molar-refractivity contribution is 7.13. The molecule has 0 aliphatic heterocycles. The van der Waals surface area contributed by atoms with E-state index in [2.05, 4.69) is 18.8 Å². The summed E-state index contributed by atoms with van der Waals surface area (Å²) in [5.74, 6) is 1.44. The van der Waals surface area contributed by atoms with Crippen LogP contribution in [0.15, 0.2) is 29.6 Å². The standard InChI is InChI=1S/C14H18N2OS/c1-10(2)8-17-13-5-3-11(4-6-13)14-16-12(7-15)9-18-14/h3-6,9-10H,7-8,15H2,1-2H3. The van der Waals surface area contributed by atoms with Crippen molar-refractivity contribution in [2.75, 3.05) is 6.61 Å². The van der Waals surface area contributed by atoms with Crippen LogP contribution in [0.4, 0.5) is 0 Å². The average molecular weight is 262 g/mol. The molecule has 3 nitrogen and oxygen atoms in total. The summed E-state index contributed by atoms with van der Waals surface area (Å²) in [5, 5.41) is 3.00. The molecule has 2 rings (SSSR count). The van der Waals surface area contributed by atoms with Crippen LogP contribution in [0.25, 0.3) is 10.6 Å². The first kappa shape index (κ1) is 13.1. The summed E-state index contributed by atoms with van der Waals surface area (Å²) in [5.41, 5.74) is 7.61. The van der Waals surface area contributed by atoms with Crippen LogP contribution >= 0.6 is 11.3 Å². The zero-order valence-corrected chi connectivity index (χ0v) is 11.5. The van der Waals surface area contributed by atoms with Gasteiger partial charge in [0, 0.05) is 17.5 Å². The first-order valence-corrected chi connectivity index (χ1v) is 6.94. The largest absolute Gasteiger partial charge is 0.493 e. The number of aromatic nitrogens is 1. The van der Waals surface area contributed by atoms with E-state index in [1.54, 1.807) is 11.3 Å². The van der Waals surface area contributed by atoms with E-state index >= 15 is 0 Å². The van der Waals surface area contributed by atoms with Crippen LogP contribution in [0.3, 0.4) is 0 Å². The second-order valence-electron chi connectivity index (χ2n) is 4.58. The molecule has 1 aromatic carbocycles. The summed E-state index contributed by atoms with van der Waals surface area (Å²) in [4.78, 5) is 4.46. The SMILES string of the molecule is CC(C)COc1ccc(-c2nc(CN)cs2)cc1. The van der Waals surface area contributed by atoms with Crippen molar-refractivity contribution in [1.29, 1.82) is 0 Å². The lowest BCUT2D eigenvalue weighted by atomic mass is 10.2. The molecule has 2 N–H and O–H groups in total. The van der Waals surface area contributed by atoms with E-state index in [0.717, 1.165) is 28.6 Å². The monoisotopic (exact) mass is 262 g/mol. The molecule has 0 fully saturated rings. The van der Waals surface area contributed by atoms with Crippen molar-refractivity contribution in [3.8, 4) is 16.3 Å². The number of benzene rings is 1. The molecule has 0 saturated heterocycles. The molecular formula is C14H18N2OS. The molecular weight excluding hydrogens is 244 g/mol. The molecule has 0 aliphatic carbocycles. The Morgan fingerprint density at radius 1 is 1.28 bits per heavy atom. The molecule has 0 spiro atoms. The Morgan fingerprint density at radius 3 is 2.56 bits per heavy atom. The van der Waals surface area contributed by atoms with E-state index in [4.69, 9.17) is 10.5 Å². The predicted octanol–water partition coefficient (Wildman–Crippen LogP) is 3.30. The van der Waals surface area contributed by atoms with Crippen LogP contribution < -0.4 is 10.5 Å². The van der Waals surface area contributed by atoms with Crippen LogP contribution in [0, 0.1) is 5.92 Å². The molecule has 0 amide bonds. The van der Waals surface area contributed by atoms with Gasteiger partial charge in [-0.2, -0.15) is 0 Å². The predicted molar refractivity (Wildman–Crippen MR) is 75.8 cm³/mol. The first-order chi connectivity index (χ1) is 8.69. The highest BCUT2D eigenvalue weighted by atomic mass is 32.1. The van der Waals surface area contributed by atoms with E-state index in [1.165, 1.54) is 0 Å². The van der Waals surface area contributed by atoms with Gasteiger partial charge in [-0.25, -0.2) is 4.98 Å². The molecule has 2 aromatic rings. The second kappa shape index (κ2) is 5.98. The maximum atomic E-state index is 5.65. The third kappa shape index (κ3) is 3.31. The van der Waals surface area contributed by atoms with Gasteiger partial charge in [-0.3, -0.25) is 0 Å². The maximum absolute atomic E-state index is 5.65. The van der Waals surface area contributed by atoms with Gasteiger partial charge in [-0.1, -0.05) is 13.8 Å². The van der Waals surface area contributed by atoms with Crippen LogP contribution in [-0.4, -0.2) is 11.6 Å². The number of nitrogens with zero attached hydrogens (tertiary/aromatic N) is 1. The van der Waals surface area contributed by atoms with Gasteiger partial charge in [0.05, 0.1) is 12.3 Å². The Hall–Kier alpha value is -1.39. The van der Waals surface area contributed by atoms with Gasteiger partial charge in [0.25, 0.3) is 0 Å². The zero-order valence-electron chi connectivity index (χ0n) is 10.7. The van der Waals surface area contributed by atoms with Gasteiger partial charge in [0.2, 0.25) is 0 Å². The Balaban J connectivity index is 2.07. The summed E-state index contributed by atoms with van der Waals surface area (Å²) in [6, 6.07) is 8.05. The summed E-state index contributed by atoms with van der Waals surface area (Å²) in [6.45, 7) is 5.51. The summed E-state index contributed by atoms with van der Waals surface area (Å²) < 4.78 is 5.65. The van der Waals surface area contributed by atoms with Crippen molar-refractivity contribution in [3.05, 3.63) is 35.3 Å². The molecule has 0 atom stereocenters. The molecule has 0 radical (unpaired) electrons. The Bertz CT molecular complexity index is 491. The Morgan fingerprint density at radius 2 is 2.00 bits per heavy atom. The maximum Gasteiger partial charge on any atom is 0.123 e. The van der Waals surface area contributed by atoms with Gasteiger partial charge in [-0.15, -0.1) is 11.3 Å². The minimum Gasteiger partial charge on any atom is -0.493 e. The van der Waals surface area contributed by atoms with Crippen molar-refractivity contribution in [1.82, 2.24) is 4.98 Å². The van der Waals surface area contributed by atoms with Crippen LogP contribution in [0.2, 0.25) is 0 Å². The lowest BCUT2D eigenvalue weighted by molar-refractivity contribution is 0.271. The minimum absolute atomic E-state index is 0.492. The number of nitrogens with two attached hydrogens (primary N) is 1. The highest BCUT2D eigenvalue weighted by Crippen LogP contribution is 2.25. The number of hydrogen-bond donors (Lipinski definition) is 1. The fourth-order valence-corrected chi connectivity index (χ4v) is 2.33. The van der Waals surface area contributed by atoms with Gasteiger partial charge >= 0.3 is 0 Å². The minimum atomic E-state index is 0.492. The number of ether oxygens (including phenoxy) is 1. The van der Waals surface area contributed by atoms with Crippen LogP contribution in [0.1, 0.15) is 19.5 Å². The number of thiazole rings is 1. The third-order valence-electron chi connectivity index (χ3n) is 2.45. The Kier molecular flexibility index (Phi) is 4.33. The molecule has 96 valence electrons. The van der Waals surface area contributed by atoms with E-state index in [0.29, 0.717) is 12.5 Å². The molecule has 0 aliphatic rings. The molecule has 0 unspecified atom stereocenters. The average Bonchev–Trinajstić information content (AvgIpc) is 2.85. The zero-order chi connectivity index (χ0) is 13.0. The quantitative estimate of drug-likeness (QED) is 0.899. The van der Waals surface area contributed by atoms with E-state index < -0.39 is 0 Å². The fraction of sp³-hybridized carbons (Fsp3) is 0.357. The van der Waals surface area contributed by atoms with Gasteiger partial charge in [0.1, 0.15) is 10.8 Å². The second-order valence-corrected chi connectivity index (χ2v) is 5.44. The van der Waals surface area contributed by atoms with Gasteiger partial charge in [-0.05, 0) is 30.2 Å². The van der Waals surface area contributed by atoms with Gasteiger partial charge < -0.3 is 10.5 Å². The number of rotatable bonds is 5. The Labute approximate surface area is 112 Å². The lowest BCUT2D eigenvalue weighted by Crippen LogP contribution is -2.04. The molecule has 1 heterocycles. The highest BCUT2D eigenvalue weighted by Gasteiger charge is 2.04. The van der Waals surface area contributed by atoms with E-state index in [1.807, 2.05) is 29.6 Å². The van der Waals surface area contributed by atoms with E-state index in [9.17, 15) is 0 Å². The van der Waals surface area contributed by atoms with Crippen molar-refractivity contribution in [3.63, 3.8) is 0 Å². The first-order valence-electron chi connectivity index (χ1n) is 6.06. The molecule has 0 saturated carbocycles. The number of hydrogen-bond acceptors (Lipinski definition) is 4. The molecule has 0 bridgehead atoms. The van der Waals surface area contributed by atoms with Crippen molar-refractivity contribution in [2.24, 2.45) is 11.7 Å². The summed E-state index contributed by atoms with van der Waals surface area (Å²) in [6.07, 6.45) is 0. The molecule has 18 heavy (non-hydrogen) atoms. The van der Waals surface area contributed by atoms with Crippen LogP contribution in [-0.2, 0) is 6.54 Å². The molecule has 1 aromatic heterocycles. The van der Waals surface area contributed by atoms with Gasteiger partial charge in [0.15, 0.2) is 0 Å². The van der Waals surface area contributed by atoms with Crippen molar-refractivity contribution < 1.29 is 4.74 Å². The topological polar surface area (TPSA) is 48.1 Å². The van der Waals surface area contributed by atoms with Crippen molar-refractivity contribution in [2.45, 2.75) is 20.4 Å². The molecule has 4 heteroatoms. The smallest absolute Gasteiger partial charge is 0.123 e.